The molecule has 0 radical (unpaired) electrons. The lowest BCUT2D eigenvalue weighted by molar-refractivity contribution is -0.136. The molecule has 0 amide bonds. The van der Waals surface area contributed by atoms with Gasteiger partial charge in [-0.05, 0) is 37.1 Å². The minimum atomic E-state index is -0.765. The highest BCUT2D eigenvalue weighted by Crippen LogP contribution is 2.44. The van der Waals surface area contributed by atoms with E-state index in [0.29, 0.717) is 12.5 Å². The second-order valence-electron chi connectivity index (χ2n) is 6.20. The number of carbonyl (C=O) groups is 1. The number of ether oxygens (including phenoxy) is 1. The molecular formula is C18H23N3O3. The van der Waals surface area contributed by atoms with Gasteiger partial charge in [0, 0.05) is 43.1 Å². The number of hydrogen-bond acceptors (Lipinski definition) is 4. The first kappa shape index (κ1) is 16.4. The molecule has 1 aromatic heterocycles. The van der Waals surface area contributed by atoms with Crippen molar-refractivity contribution in [2.24, 2.45) is 0 Å². The van der Waals surface area contributed by atoms with Gasteiger partial charge in [-0.15, -0.1) is 0 Å². The van der Waals surface area contributed by atoms with E-state index in [1.54, 1.807) is 13.3 Å². The summed E-state index contributed by atoms with van der Waals surface area (Å²) in [5, 5.41) is 9.03. The Morgan fingerprint density at radius 2 is 2.21 bits per heavy atom. The van der Waals surface area contributed by atoms with E-state index in [0.717, 1.165) is 24.4 Å². The van der Waals surface area contributed by atoms with Crippen molar-refractivity contribution in [3.8, 4) is 5.75 Å². The Morgan fingerprint density at radius 1 is 1.38 bits per heavy atom. The Balaban J connectivity index is 1.84. The SMILES string of the molecule is COc1ccc2c(c1)C(CCn1ccnc1)C(C)N2CCC(=O)O. The molecule has 1 aromatic carbocycles. The maximum atomic E-state index is 11.0. The summed E-state index contributed by atoms with van der Waals surface area (Å²) in [6.45, 7) is 3.59. The molecule has 0 bridgehead atoms. The van der Waals surface area contributed by atoms with Gasteiger partial charge in [0.1, 0.15) is 5.75 Å². The van der Waals surface area contributed by atoms with Crippen molar-refractivity contribution < 1.29 is 14.6 Å². The van der Waals surface area contributed by atoms with Gasteiger partial charge in [-0.25, -0.2) is 4.98 Å². The fraction of sp³-hybridized carbons (Fsp3) is 0.444. The van der Waals surface area contributed by atoms with Gasteiger partial charge in [0.2, 0.25) is 0 Å². The Bertz CT molecular complexity index is 700. The summed E-state index contributed by atoms with van der Waals surface area (Å²) in [6.07, 6.45) is 6.70. The average Bonchev–Trinajstić information content (AvgIpc) is 3.17. The van der Waals surface area contributed by atoms with Crippen LogP contribution in [0.25, 0.3) is 0 Å². The van der Waals surface area contributed by atoms with Crippen LogP contribution in [0, 0.1) is 0 Å². The third kappa shape index (κ3) is 3.22. The summed E-state index contributed by atoms with van der Waals surface area (Å²) in [7, 11) is 1.67. The number of aromatic nitrogens is 2. The smallest absolute Gasteiger partial charge is 0.305 e. The van der Waals surface area contributed by atoms with Crippen LogP contribution in [0.5, 0.6) is 5.75 Å². The molecule has 2 aromatic rings. The summed E-state index contributed by atoms with van der Waals surface area (Å²) in [4.78, 5) is 17.3. The third-order valence-corrected chi connectivity index (χ3v) is 4.84. The van der Waals surface area contributed by atoms with Crippen LogP contribution < -0.4 is 9.64 Å². The summed E-state index contributed by atoms with van der Waals surface area (Å²) < 4.78 is 7.45. The van der Waals surface area contributed by atoms with Crippen molar-refractivity contribution in [2.45, 2.75) is 38.3 Å². The van der Waals surface area contributed by atoms with Gasteiger partial charge in [0.25, 0.3) is 0 Å². The highest BCUT2D eigenvalue weighted by atomic mass is 16.5. The fourth-order valence-electron chi connectivity index (χ4n) is 3.56. The molecular weight excluding hydrogens is 306 g/mol. The monoisotopic (exact) mass is 329 g/mol. The molecule has 2 heterocycles. The number of imidazole rings is 1. The summed E-state index contributed by atoms with van der Waals surface area (Å²) in [6, 6.07) is 6.34. The minimum Gasteiger partial charge on any atom is -0.497 e. The second kappa shape index (κ2) is 6.95. The van der Waals surface area contributed by atoms with E-state index in [-0.39, 0.29) is 12.5 Å². The van der Waals surface area contributed by atoms with E-state index >= 15 is 0 Å². The van der Waals surface area contributed by atoms with Crippen LogP contribution in [-0.4, -0.2) is 40.3 Å². The number of aryl methyl sites for hydroxylation is 1. The lowest BCUT2D eigenvalue weighted by atomic mass is 9.92. The Kier molecular flexibility index (Phi) is 4.74. The first-order valence-electron chi connectivity index (χ1n) is 8.22. The highest BCUT2D eigenvalue weighted by molar-refractivity contribution is 5.69. The summed E-state index contributed by atoms with van der Waals surface area (Å²) in [5.41, 5.74) is 2.37. The second-order valence-corrected chi connectivity index (χ2v) is 6.20. The predicted molar refractivity (Wildman–Crippen MR) is 91.6 cm³/mol. The molecule has 6 heteroatoms. The van der Waals surface area contributed by atoms with E-state index in [1.165, 1.54) is 5.56 Å². The number of fused-ring (bicyclic) bond motifs is 1. The maximum Gasteiger partial charge on any atom is 0.305 e. The van der Waals surface area contributed by atoms with Crippen molar-refractivity contribution >= 4 is 11.7 Å². The molecule has 1 N–H and O–H groups in total. The quantitative estimate of drug-likeness (QED) is 0.846. The van der Waals surface area contributed by atoms with Crippen molar-refractivity contribution in [1.82, 2.24) is 9.55 Å². The first-order valence-corrected chi connectivity index (χ1v) is 8.22. The van der Waals surface area contributed by atoms with Crippen molar-refractivity contribution in [1.29, 1.82) is 0 Å². The molecule has 2 atom stereocenters. The van der Waals surface area contributed by atoms with Crippen molar-refractivity contribution in [3.05, 3.63) is 42.5 Å². The van der Waals surface area contributed by atoms with Crippen molar-refractivity contribution in [2.75, 3.05) is 18.6 Å². The summed E-state index contributed by atoms with van der Waals surface area (Å²) >= 11 is 0. The van der Waals surface area contributed by atoms with Crippen LogP contribution in [0.15, 0.2) is 36.9 Å². The topological polar surface area (TPSA) is 67.6 Å². The highest BCUT2D eigenvalue weighted by Gasteiger charge is 2.35. The molecule has 0 aliphatic carbocycles. The van der Waals surface area contributed by atoms with Gasteiger partial charge in [-0.3, -0.25) is 4.79 Å². The van der Waals surface area contributed by atoms with Crippen LogP contribution in [0.4, 0.5) is 5.69 Å². The zero-order valence-corrected chi connectivity index (χ0v) is 14.1. The van der Waals surface area contributed by atoms with Gasteiger partial charge in [0.15, 0.2) is 0 Å². The van der Waals surface area contributed by atoms with E-state index < -0.39 is 5.97 Å². The van der Waals surface area contributed by atoms with E-state index in [2.05, 4.69) is 27.4 Å². The van der Waals surface area contributed by atoms with Crippen molar-refractivity contribution in [3.63, 3.8) is 0 Å². The van der Waals surface area contributed by atoms with Gasteiger partial charge >= 0.3 is 5.97 Å². The number of carboxylic acids is 1. The number of benzene rings is 1. The molecule has 1 aliphatic rings. The molecule has 1 aliphatic heterocycles. The van der Waals surface area contributed by atoms with E-state index in [1.807, 2.05) is 24.7 Å². The molecule has 0 saturated carbocycles. The number of hydrogen-bond donors (Lipinski definition) is 1. The molecule has 6 nitrogen and oxygen atoms in total. The zero-order valence-electron chi connectivity index (χ0n) is 14.1. The zero-order chi connectivity index (χ0) is 17.1. The Hall–Kier alpha value is -2.50. The lowest BCUT2D eigenvalue weighted by Gasteiger charge is -2.27. The van der Waals surface area contributed by atoms with Crippen LogP contribution >= 0.6 is 0 Å². The number of methoxy groups -OCH3 is 1. The van der Waals surface area contributed by atoms with Gasteiger partial charge in [-0.1, -0.05) is 0 Å². The molecule has 0 fully saturated rings. The van der Waals surface area contributed by atoms with Crippen LogP contribution in [0.3, 0.4) is 0 Å². The predicted octanol–water partition coefficient (Wildman–Crippen LogP) is 2.75. The summed E-state index contributed by atoms with van der Waals surface area (Å²) in [5.74, 6) is 0.416. The Morgan fingerprint density at radius 3 is 2.88 bits per heavy atom. The van der Waals surface area contributed by atoms with E-state index in [4.69, 9.17) is 9.84 Å². The van der Waals surface area contributed by atoms with E-state index in [9.17, 15) is 4.79 Å². The Labute approximate surface area is 141 Å². The first-order chi connectivity index (χ1) is 11.6. The average molecular weight is 329 g/mol. The molecule has 0 spiro atoms. The van der Waals surface area contributed by atoms with Gasteiger partial charge in [0.05, 0.1) is 19.9 Å². The maximum absolute atomic E-state index is 11.0. The number of rotatable bonds is 7. The van der Waals surface area contributed by atoms with Crippen LogP contribution in [0.1, 0.15) is 31.2 Å². The van der Waals surface area contributed by atoms with Crippen LogP contribution in [-0.2, 0) is 11.3 Å². The van der Waals surface area contributed by atoms with Crippen LogP contribution in [0.2, 0.25) is 0 Å². The molecule has 0 saturated heterocycles. The fourth-order valence-corrected chi connectivity index (χ4v) is 3.56. The lowest BCUT2D eigenvalue weighted by Crippen LogP contribution is -2.33. The third-order valence-electron chi connectivity index (χ3n) is 4.84. The largest absolute Gasteiger partial charge is 0.497 e. The molecule has 3 rings (SSSR count). The number of anilines is 1. The standard InChI is InChI=1S/C18H23N3O3/c1-13-15(5-8-20-10-7-19-12-20)16-11-14(24-2)3-4-17(16)21(13)9-6-18(22)23/h3-4,7,10-13,15H,5-6,8-9H2,1-2H3,(H,22,23). The normalized spacial score (nSPS) is 19.3. The number of aliphatic carboxylic acids is 1. The molecule has 2 unspecified atom stereocenters. The van der Waals surface area contributed by atoms with Gasteiger partial charge in [-0.2, -0.15) is 0 Å². The minimum absolute atomic E-state index is 0.143. The number of carboxylic acid groups (broad SMARTS) is 1. The van der Waals surface area contributed by atoms with Gasteiger partial charge < -0.3 is 19.3 Å². The molecule has 128 valence electrons. The molecule has 24 heavy (non-hydrogen) atoms. The number of nitrogens with zero attached hydrogens (tertiary/aromatic N) is 3.